The van der Waals surface area contributed by atoms with Gasteiger partial charge >= 0.3 is 0 Å². The largest absolute Gasteiger partial charge is 0.358 e. The number of carbonyl (C=O) groups excluding carboxylic acids is 1. The second-order valence-electron chi connectivity index (χ2n) is 16.0. The molecule has 38 heavy (non-hydrogen) atoms. The number of hydrogen-bond acceptors (Lipinski definition) is 1. The summed E-state index contributed by atoms with van der Waals surface area (Å²) < 4.78 is 0. The average Bonchev–Trinajstić information content (AvgIpc) is 3.44. The van der Waals surface area contributed by atoms with E-state index in [0.29, 0.717) is 39.9 Å². The summed E-state index contributed by atoms with van der Waals surface area (Å²) in [7, 11) is 0. The molecule has 2 aromatic rings. The summed E-state index contributed by atoms with van der Waals surface area (Å²) in [6.07, 6.45) is 12.5. The highest BCUT2D eigenvalue weighted by molar-refractivity contribution is 5.85. The van der Waals surface area contributed by atoms with Crippen LogP contribution in [0.4, 0.5) is 0 Å². The van der Waals surface area contributed by atoms with E-state index < -0.39 is 0 Å². The molecule has 0 unspecified atom stereocenters. The lowest BCUT2D eigenvalue weighted by Gasteiger charge is -2.72. The predicted molar refractivity (Wildman–Crippen MR) is 157 cm³/mol. The lowest BCUT2D eigenvalue weighted by molar-refractivity contribution is -0.222. The van der Waals surface area contributed by atoms with Crippen LogP contribution in [0.1, 0.15) is 104 Å². The standard InChI is InChI=1S/C36H49NO/c1-22(2)23-14-17-36(21-38)19-18-34(6)26(30(23)36)12-13-29-33(5)20-25-24-10-8-9-11-27(24)37-31(25)32(3,4)28(33)15-16-35(29,34)7/h8-11,21,23,26,28-30,37H,1,12-20H2,2-7H3/t23-,26+,28-,29+,30+,33-,34+,35+,36+/m0/s1. The molecule has 1 aromatic carbocycles. The molecule has 204 valence electrons. The van der Waals surface area contributed by atoms with Crippen molar-refractivity contribution in [3.05, 3.63) is 47.7 Å². The van der Waals surface area contributed by atoms with E-state index in [9.17, 15) is 4.79 Å². The van der Waals surface area contributed by atoms with E-state index in [1.54, 1.807) is 5.56 Å². The molecular formula is C36H49NO. The van der Waals surface area contributed by atoms with E-state index >= 15 is 0 Å². The Balaban J connectivity index is 1.33. The van der Waals surface area contributed by atoms with Gasteiger partial charge in [0.05, 0.1) is 0 Å². The highest BCUT2D eigenvalue weighted by atomic mass is 16.1. The van der Waals surface area contributed by atoms with E-state index in [0.717, 1.165) is 18.8 Å². The summed E-state index contributed by atoms with van der Waals surface area (Å²) in [6.45, 7) is 19.9. The van der Waals surface area contributed by atoms with Gasteiger partial charge in [0.15, 0.2) is 0 Å². The fourth-order valence-corrected chi connectivity index (χ4v) is 12.7. The third kappa shape index (κ3) is 2.79. The maximum absolute atomic E-state index is 12.7. The predicted octanol–water partition coefficient (Wildman–Crippen LogP) is 9.04. The number of rotatable bonds is 2. The lowest BCUT2D eigenvalue weighted by atomic mass is 9.32. The Morgan fingerprint density at radius 1 is 0.921 bits per heavy atom. The van der Waals surface area contributed by atoms with E-state index in [4.69, 9.17) is 0 Å². The Morgan fingerprint density at radius 2 is 1.68 bits per heavy atom. The summed E-state index contributed by atoms with van der Waals surface area (Å²) >= 11 is 0. The van der Waals surface area contributed by atoms with Gasteiger partial charge in [-0.3, -0.25) is 0 Å². The van der Waals surface area contributed by atoms with Crippen LogP contribution in [0.25, 0.3) is 10.9 Å². The minimum absolute atomic E-state index is 0.0934. The Labute approximate surface area is 230 Å². The van der Waals surface area contributed by atoms with Crippen molar-refractivity contribution >= 4 is 17.2 Å². The zero-order valence-electron chi connectivity index (χ0n) is 24.8. The van der Waals surface area contributed by atoms with Crippen molar-refractivity contribution in [1.29, 1.82) is 0 Å². The Kier molecular flexibility index (Phi) is 5.08. The van der Waals surface area contributed by atoms with Crippen molar-refractivity contribution in [3.63, 3.8) is 0 Å². The Hall–Kier alpha value is -1.83. The number of hydrogen-bond donors (Lipinski definition) is 1. The smallest absolute Gasteiger partial charge is 0.126 e. The third-order valence-corrected chi connectivity index (χ3v) is 14.5. The van der Waals surface area contributed by atoms with Crippen molar-refractivity contribution in [2.45, 2.75) is 105 Å². The topological polar surface area (TPSA) is 32.9 Å². The number of benzene rings is 1. The molecule has 0 radical (unpaired) electrons. The zero-order valence-corrected chi connectivity index (χ0v) is 24.8. The van der Waals surface area contributed by atoms with Crippen molar-refractivity contribution in [2.24, 2.45) is 51.2 Å². The van der Waals surface area contributed by atoms with Gasteiger partial charge in [0.1, 0.15) is 6.29 Å². The maximum Gasteiger partial charge on any atom is 0.126 e. The van der Waals surface area contributed by atoms with Crippen molar-refractivity contribution in [2.75, 3.05) is 0 Å². The second kappa shape index (κ2) is 7.67. The number of fused-ring (bicyclic) bond motifs is 10. The number of aromatic amines is 1. The number of allylic oxidation sites excluding steroid dienone is 1. The molecule has 0 spiro atoms. The number of H-pyrrole nitrogens is 1. The first-order valence-corrected chi connectivity index (χ1v) is 15.6. The molecule has 1 aromatic heterocycles. The molecule has 1 heterocycles. The molecule has 5 aliphatic rings. The molecule has 2 heteroatoms. The Bertz CT molecular complexity index is 1330. The summed E-state index contributed by atoms with van der Waals surface area (Å²) in [5.41, 5.74) is 6.71. The van der Waals surface area contributed by atoms with Crippen LogP contribution in [0.3, 0.4) is 0 Å². The van der Waals surface area contributed by atoms with Gasteiger partial charge in [0.25, 0.3) is 0 Å². The minimum Gasteiger partial charge on any atom is -0.358 e. The average molecular weight is 512 g/mol. The van der Waals surface area contributed by atoms with E-state index in [-0.39, 0.29) is 10.8 Å². The normalized spacial score (nSPS) is 46.8. The van der Waals surface area contributed by atoms with E-state index in [1.165, 1.54) is 73.4 Å². The molecule has 4 fully saturated rings. The summed E-state index contributed by atoms with van der Waals surface area (Å²) in [5.74, 6) is 3.10. The van der Waals surface area contributed by atoms with E-state index in [2.05, 4.69) is 77.4 Å². The molecule has 0 bridgehead atoms. The van der Waals surface area contributed by atoms with Gasteiger partial charge in [-0.25, -0.2) is 0 Å². The maximum atomic E-state index is 12.7. The highest BCUT2D eigenvalue weighted by Crippen LogP contribution is 2.77. The van der Waals surface area contributed by atoms with Crippen LogP contribution in [0, 0.1) is 51.2 Å². The molecule has 0 amide bonds. The SMILES string of the molecule is C=C(C)[C@@H]1CC[C@]2(C=O)CC[C@]3(C)[C@H](CC[C@@H]4[C@@]5(C)Cc6c([nH]c7ccccc67)C(C)(C)[C@@H]5CC[C@]43C)[C@@H]12. The quantitative estimate of drug-likeness (QED) is 0.317. The highest BCUT2D eigenvalue weighted by Gasteiger charge is 2.70. The van der Waals surface area contributed by atoms with Crippen molar-refractivity contribution < 1.29 is 4.79 Å². The van der Waals surface area contributed by atoms with Gasteiger partial charge in [-0.1, -0.05) is 65.0 Å². The monoisotopic (exact) mass is 511 g/mol. The van der Waals surface area contributed by atoms with Gasteiger partial charge < -0.3 is 9.78 Å². The number of aromatic nitrogens is 1. The first kappa shape index (κ1) is 25.2. The van der Waals surface area contributed by atoms with Crippen LogP contribution in [0.2, 0.25) is 0 Å². The van der Waals surface area contributed by atoms with E-state index in [1.807, 2.05) is 0 Å². The fourth-order valence-electron chi connectivity index (χ4n) is 12.7. The number of para-hydroxylation sites is 1. The van der Waals surface area contributed by atoms with Crippen molar-refractivity contribution in [1.82, 2.24) is 4.98 Å². The van der Waals surface area contributed by atoms with Gasteiger partial charge in [-0.2, -0.15) is 0 Å². The Morgan fingerprint density at radius 3 is 2.42 bits per heavy atom. The molecule has 0 aliphatic heterocycles. The zero-order chi connectivity index (χ0) is 26.9. The molecule has 5 aliphatic carbocycles. The summed E-state index contributed by atoms with van der Waals surface area (Å²) in [4.78, 5) is 16.6. The molecule has 2 nitrogen and oxygen atoms in total. The number of nitrogens with one attached hydrogen (secondary N) is 1. The van der Waals surface area contributed by atoms with Crippen LogP contribution in [-0.4, -0.2) is 11.3 Å². The van der Waals surface area contributed by atoms with Crippen LogP contribution < -0.4 is 0 Å². The van der Waals surface area contributed by atoms with Crippen LogP contribution >= 0.6 is 0 Å². The minimum atomic E-state index is -0.0934. The molecule has 9 atom stereocenters. The molecule has 1 N–H and O–H groups in total. The van der Waals surface area contributed by atoms with Crippen molar-refractivity contribution in [3.8, 4) is 0 Å². The first-order valence-electron chi connectivity index (χ1n) is 15.6. The van der Waals surface area contributed by atoms with Gasteiger partial charge in [0.2, 0.25) is 0 Å². The summed E-state index contributed by atoms with van der Waals surface area (Å²) in [6, 6.07) is 9.01. The van der Waals surface area contributed by atoms with Crippen LogP contribution in [0.5, 0.6) is 0 Å². The van der Waals surface area contributed by atoms with Gasteiger partial charge in [-0.15, -0.1) is 0 Å². The number of carbonyl (C=O) groups is 1. The molecule has 4 saturated carbocycles. The molecule has 7 rings (SSSR count). The molecular weight excluding hydrogens is 462 g/mol. The van der Waals surface area contributed by atoms with Gasteiger partial charge in [0, 0.05) is 27.4 Å². The lowest BCUT2D eigenvalue weighted by Crippen LogP contribution is -2.66. The first-order chi connectivity index (χ1) is 17.9. The van der Waals surface area contributed by atoms with Gasteiger partial charge in [-0.05, 0) is 122 Å². The third-order valence-electron chi connectivity index (χ3n) is 14.5. The fraction of sp³-hybridized carbons (Fsp3) is 0.694. The summed E-state index contributed by atoms with van der Waals surface area (Å²) in [5, 5.41) is 1.45. The van der Waals surface area contributed by atoms with Crippen LogP contribution in [-0.2, 0) is 16.6 Å². The van der Waals surface area contributed by atoms with Crippen LogP contribution in [0.15, 0.2) is 36.4 Å². The molecule has 0 saturated heterocycles. The number of aldehydes is 1. The second-order valence-corrected chi connectivity index (χ2v) is 16.0.